The minimum Gasteiger partial charge on any atom is -0.493 e. The maximum Gasteiger partial charge on any atom is 0.232 e. The van der Waals surface area contributed by atoms with Crippen LogP contribution in [0.3, 0.4) is 0 Å². The van der Waals surface area contributed by atoms with Crippen LogP contribution in [0.5, 0.6) is 5.75 Å². The van der Waals surface area contributed by atoms with E-state index >= 15 is 0 Å². The molecule has 0 saturated heterocycles. The van der Waals surface area contributed by atoms with Crippen LogP contribution in [0.25, 0.3) is 11.4 Å². The molecule has 0 aliphatic carbocycles. The normalized spacial score (nSPS) is 10.6. The number of hydrogen-bond donors (Lipinski definition) is 3. The van der Waals surface area contributed by atoms with Gasteiger partial charge in [-0.25, -0.2) is 0 Å². The van der Waals surface area contributed by atoms with Crippen LogP contribution in [-0.2, 0) is 6.61 Å². The Balaban J connectivity index is 1.96. The van der Waals surface area contributed by atoms with E-state index in [0.717, 1.165) is 11.3 Å². The molecule has 4 N–H and O–H groups in total. The Labute approximate surface area is 155 Å². The molecule has 0 fully saturated rings. The summed E-state index contributed by atoms with van der Waals surface area (Å²) >= 11 is 6.11. The minimum atomic E-state index is -0.0158. The Morgan fingerprint density at radius 3 is 2.58 bits per heavy atom. The van der Waals surface area contributed by atoms with Gasteiger partial charge in [-0.1, -0.05) is 23.7 Å². The van der Waals surface area contributed by atoms with Crippen molar-refractivity contribution < 1.29 is 9.84 Å². The number of aliphatic hydroxyl groups is 1. The molecule has 0 radical (unpaired) electrons. The molecule has 0 atom stereocenters. The topological polar surface area (TPSA) is 106 Å². The highest BCUT2D eigenvalue weighted by atomic mass is 35.5. The number of nitrogens with two attached hydrogens (primary N) is 1. The molecule has 0 unspecified atom stereocenters. The minimum absolute atomic E-state index is 0.0158. The molecule has 8 heteroatoms. The molecular formula is C18H18ClN5O2. The Hall–Kier alpha value is -2.90. The molecule has 1 heterocycles. The second kappa shape index (κ2) is 7.99. The second-order valence-electron chi connectivity index (χ2n) is 5.39. The van der Waals surface area contributed by atoms with Crippen molar-refractivity contribution in [2.45, 2.75) is 13.5 Å². The van der Waals surface area contributed by atoms with Gasteiger partial charge in [0, 0.05) is 10.7 Å². The van der Waals surface area contributed by atoms with E-state index < -0.39 is 0 Å². The van der Waals surface area contributed by atoms with Gasteiger partial charge >= 0.3 is 0 Å². The first-order valence-corrected chi connectivity index (χ1v) is 8.38. The van der Waals surface area contributed by atoms with Crippen molar-refractivity contribution in [3.05, 3.63) is 53.1 Å². The lowest BCUT2D eigenvalue weighted by atomic mass is 10.2. The molecule has 0 aliphatic heterocycles. The number of nitrogens with one attached hydrogen (secondary N) is 1. The summed E-state index contributed by atoms with van der Waals surface area (Å²) in [6.45, 7) is 2.37. The number of benzene rings is 2. The predicted octanol–water partition coefficient (Wildman–Crippen LogP) is 3.41. The highest BCUT2D eigenvalue weighted by Crippen LogP contribution is 2.31. The number of ether oxygens (including phenoxy) is 1. The Morgan fingerprint density at radius 2 is 1.88 bits per heavy atom. The van der Waals surface area contributed by atoms with E-state index in [1.54, 1.807) is 30.3 Å². The number of hydrogen-bond acceptors (Lipinski definition) is 7. The van der Waals surface area contributed by atoms with Gasteiger partial charge in [0.25, 0.3) is 0 Å². The molecule has 1 aromatic heterocycles. The summed E-state index contributed by atoms with van der Waals surface area (Å²) in [5.74, 6) is 1.34. The van der Waals surface area contributed by atoms with Gasteiger partial charge in [0.1, 0.15) is 5.75 Å². The zero-order valence-electron chi connectivity index (χ0n) is 14.1. The van der Waals surface area contributed by atoms with E-state index in [4.69, 9.17) is 27.2 Å². The van der Waals surface area contributed by atoms with Crippen molar-refractivity contribution in [2.24, 2.45) is 0 Å². The van der Waals surface area contributed by atoms with Crippen LogP contribution < -0.4 is 15.8 Å². The summed E-state index contributed by atoms with van der Waals surface area (Å²) < 4.78 is 5.63. The quantitative estimate of drug-likeness (QED) is 0.609. The molecule has 7 nitrogen and oxygen atoms in total. The van der Waals surface area contributed by atoms with E-state index in [2.05, 4.69) is 20.3 Å². The number of nitrogens with zero attached hydrogens (tertiary/aromatic N) is 3. The van der Waals surface area contributed by atoms with E-state index in [1.165, 1.54) is 0 Å². The second-order valence-corrected chi connectivity index (χ2v) is 5.83. The van der Waals surface area contributed by atoms with Crippen LogP contribution in [0.1, 0.15) is 12.5 Å². The molecule has 0 amide bonds. The van der Waals surface area contributed by atoms with Crippen LogP contribution in [0, 0.1) is 0 Å². The van der Waals surface area contributed by atoms with Gasteiger partial charge in [0.15, 0.2) is 5.82 Å². The largest absolute Gasteiger partial charge is 0.493 e. The van der Waals surface area contributed by atoms with E-state index in [0.29, 0.717) is 34.7 Å². The summed E-state index contributed by atoms with van der Waals surface area (Å²) in [4.78, 5) is 12.7. The van der Waals surface area contributed by atoms with Crippen LogP contribution in [0.4, 0.5) is 17.6 Å². The maximum absolute atomic E-state index is 9.12. The molecule has 134 valence electrons. The van der Waals surface area contributed by atoms with Crippen molar-refractivity contribution in [3.63, 3.8) is 0 Å². The zero-order chi connectivity index (χ0) is 18.5. The van der Waals surface area contributed by atoms with Gasteiger partial charge in [-0.2, -0.15) is 15.0 Å². The van der Waals surface area contributed by atoms with Crippen molar-refractivity contribution in [3.8, 4) is 17.1 Å². The predicted molar refractivity (Wildman–Crippen MR) is 102 cm³/mol. The molecule has 26 heavy (non-hydrogen) atoms. The van der Waals surface area contributed by atoms with E-state index in [1.807, 2.05) is 19.1 Å². The van der Waals surface area contributed by atoms with Gasteiger partial charge in [0.05, 0.1) is 18.8 Å². The highest BCUT2D eigenvalue weighted by molar-refractivity contribution is 6.30. The average Bonchev–Trinajstić information content (AvgIpc) is 2.63. The lowest BCUT2D eigenvalue weighted by Gasteiger charge is -2.11. The first-order valence-electron chi connectivity index (χ1n) is 8.00. The smallest absolute Gasteiger partial charge is 0.232 e. The fraction of sp³-hybridized carbons (Fsp3) is 0.167. The summed E-state index contributed by atoms with van der Waals surface area (Å²) in [5, 5.41) is 12.7. The Morgan fingerprint density at radius 1 is 1.12 bits per heavy atom. The monoisotopic (exact) mass is 371 g/mol. The van der Waals surface area contributed by atoms with Crippen molar-refractivity contribution >= 4 is 29.2 Å². The molecule has 3 rings (SSSR count). The standard InChI is InChI=1S/C18H18ClN5O2/c1-2-26-15-8-5-12(19)9-14(15)16-22-17(20)24-18(23-16)21-13-6-3-11(10-25)4-7-13/h3-9,25H,2,10H2,1H3,(H3,20,21,22,23,24). The fourth-order valence-electron chi connectivity index (χ4n) is 2.35. The van der Waals surface area contributed by atoms with Crippen molar-refractivity contribution in [2.75, 3.05) is 17.7 Å². The van der Waals surface area contributed by atoms with Gasteiger partial charge in [-0.3, -0.25) is 0 Å². The van der Waals surface area contributed by atoms with E-state index in [9.17, 15) is 0 Å². The molecule has 2 aromatic carbocycles. The number of aromatic nitrogens is 3. The first kappa shape index (κ1) is 17.9. The summed E-state index contributed by atoms with van der Waals surface area (Å²) in [6, 6.07) is 12.5. The first-order chi connectivity index (χ1) is 12.6. The third kappa shape index (κ3) is 4.19. The fourth-order valence-corrected chi connectivity index (χ4v) is 2.52. The molecule has 0 saturated carbocycles. The number of rotatable bonds is 6. The average molecular weight is 372 g/mol. The van der Waals surface area contributed by atoms with Crippen molar-refractivity contribution in [1.82, 2.24) is 15.0 Å². The molecule has 3 aromatic rings. The maximum atomic E-state index is 9.12. The van der Waals surface area contributed by atoms with Crippen molar-refractivity contribution in [1.29, 1.82) is 0 Å². The third-order valence-corrected chi connectivity index (χ3v) is 3.76. The van der Waals surface area contributed by atoms with E-state index in [-0.39, 0.29) is 12.6 Å². The van der Waals surface area contributed by atoms with Crippen LogP contribution in [-0.4, -0.2) is 26.7 Å². The lowest BCUT2D eigenvalue weighted by Crippen LogP contribution is -2.06. The van der Waals surface area contributed by atoms with Gasteiger partial charge in [0.2, 0.25) is 11.9 Å². The van der Waals surface area contributed by atoms with Crippen LogP contribution >= 0.6 is 11.6 Å². The molecule has 0 spiro atoms. The SMILES string of the molecule is CCOc1ccc(Cl)cc1-c1nc(N)nc(Nc2ccc(CO)cc2)n1. The number of anilines is 3. The molecular weight excluding hydrogens is 354 g/mol. The van der Waals surface area contributed by atoms with Gasteiger partial charge < -0.3 is 20.9 Å². The molecule has 0 bridgehead atoms. The van der Waals surface area contributed by atoms with Gasteiger partial charge in [-0.05, 0) is 42.8 Å². The molecule has 0 aliphatic rings. The number of nitrogen functional groups attached to an aromatic ring is 1. The summed E-state index contributed by atoms with van der Waals surface area (Å²) in [7, 11) is 0. The number of halogens is 1. The van der Waals surface area contributed by atoms with Crippen LogP contribution in [0.2, 0.25) is 5.02 Å². The Kier molecular flexibility index (Phi) is 5.50. The van der Waals surface area contributed by atoms with Crippen LogP contribution in [0.15, 0.2) is 42.5 Å². The summed E-state index contributed by atoms with van der Waals surface area (Å²) in [6.07, 6.45) is 0. The third-order valence-electron chi connectivity index (χ3n) is 3.53. The zero-order valence-corrected chi connectivity index (χ0v) is 14.9. The Bertz CT molecular complexity index is 903. The highest BCUT2D eigenvalue weighted by Gasteiger charge is 2.13. The summed E-state index contributed by atoms with van der Waals surface area (Å²) in [5.41, 5.74) is 8.05. The lowest BCUT2D eigenvalue weighted by molar-refractivity contribution is 0.282. The van der Waals surface area contributed by atoms with Gasteiger partial charge in [-0.15, -0.1) is 0 Å². The number of aliphatic hydroxyl groups excluding tert-OH is 1.